The highest BCUT2D eigenvalue weighted by Crippen LogP contribution is 2.34. The highest BCUT2D eigenvalue weighted by molar-refractivity contribution is 6.30. The van der Waals surface area contributed by atoms with Crippen LogP contribution in [0.2, 0.25) is 5.02 Å². The fourth-order valence-electron chi connectivity index (χ4n) is 5.02. The Bertz CT molecular complexity index is 830. The molecule has 6 heteroatoms. The van der Waals surface area contributed by atoms with Gasteiger partial charge in [-0.25, -0.2) is 0 Å². The first-order chi connectivity index (χ1) is 15.1. The molecule has 4 rings (SSSR count). The molecule has 166 valence electrons. The molecule has 0 spiro atoms. The molecule has 2 fully saturated rings. The molecule has 1 amide bonds. The van der Waals surface area contributed by atoms with E-state index in [1.807, 2.05) is 36.7 Å². The summed E-state index contributed by atoms with van der Waals surface area (Å²) in [6.07, 6.45) is 7.62. The second-order valence-electron chi connectivity index (χ2n) is 8.78. The van der Waals surface area contributed by atoms with E-state index >= 15 is 0 Å². The number of amides is 1. The molecule has 0 aliphatic carbocycles. The van der Waals surface area contributed by atoms with Crippen LogP contribution in [0.1, 0.15) is 42.9 Å². The summed E-state index contributed by atoms with van der Waals surface area (Å²) in [5.74, 6) is 0.944. The van der Waals surface area contributed by atoms with E-state index in [1.165, 1.54) is 11.1 Å². The number of carbonyl (C=O) groups is 1. The first-order valence-corrected chi connectivity index (χ1v) is 11.7. The second kappa shape index (κ2) is 10.6. The first-order valence-electron chi connectivity index (χ1n) is 11.3. The molecule has 0 radical (unpaired) electrons. The van der Waals surface area contributed by atoms with Gasteiger partial charge in [0.25, 0.3) is 0 Å². The van der Waals surface area contributed by atoms with Gasteiger partial charge in [-0.1, -0.05) is 23.7 Å². The standard InChI is InChI=1S/C25H32ClN3O2/c1-31-24(20-2-4-23(26)5-3-20)21-10-16-29(17-11-21)25(30)22-8-14-28(15-9-22)18-19-6-12-27-13-7-19/h2-7,12-13,21-22,24H,8-11,14-18H2,1H3. The molecule has 0 N–H and O–H groups in total. The number of carbonyl (C=O) groups excluding carboxylic acids is 1. The van der Waals surface area contributed by atoms with Crippen LogP contribution in [0.25, 0.3) is 0 Å². The molecule has 2 saturated heterocycles. The SMILES string of the molecule is COC(c1ccc(Cl)cc1)C1CCN(C(=O)C2CCN(Cc3ccncc3)CC2)CC1. The molecule has 0 bridgehead atoms. The van der Waals surface area contributed by atoms with Gasteiger partial charge in [0, 0.05) is 50.1 Å². The lowest BCUT2D eigenvalue weighted by Gasteiger charge is -2.39. The van der Waals surface area contributed by atoms with Crippen LogP contribution in [0.5, 0.6) is 0 Å². The highest BCUT2D eigenvalue weighted by Gasteiger charge is 2.33. The van der Waals surface area contributed by atoms with Gasteiger partial charge in [-0.05, 0) is 80.1 Å². The summed E-state index contributed by atoms with van der Waals surface area (Å²) in [6.45, 7) is 4.56. The molecule has 1 atom stereocenters. The number of likely N-dealkylation sites (tertiary alicyclic amines) is 2. The predicted molar refractivity (Wildman–Crippen MR) is 123 cm³/mol. The average molecular weight is 442 g/mol. The number of rotatable bonds is 6. The lowest BCUT2D eigenvalue weighted by Crippen LogP contribution is -2.46. The number of pyridine rings is 1. The third-order valence-corrected chi connectivity index (χ3v) is 7.08. The van der Waals surface area contributed by atoms with Crippen LogP contribution in [-0.2, 0) is 16.1 Å². The smallest absolute Gasteiger partial charge is 0.225 e. The van der Waals surface area contributed by atoms with E-state index < -0.39 is 0 Å². The molecule has 1 unspecified atom stereocenters. The van der Waals surface area contributed by atoms with Crippen molar-refractivity contribution >= 4 is 17.5 Å². The number of nitrogens with zero attached hydrogens (tertiary/aromatic N) is 3. The van der Waals surface area contributed by atoms with E-state index in [9.17, 15) is 4.79 Å². The number of ether oxygens (including phenoxy) is 1. The molecule has 3 heterocycles. The van der Waals surface area contributed by atoms with Crippen molar-refractivity contribution in [1.29, 1.82) is 0 Å². The summed E-state index contributed by atoms with van der Waals surface area (Å²) in [7, 11) is 1.77. The Kier molecular flexibility index (Phi) is 7.59. The fraction of sp³-hybridized carbons (Fsp3) is 0.520. The minimum Gasteiger partial charge on any atom is -0.376 e. The zero-order valence-electron chi connectivity index (χ0n) is 18.3. The van der Waals surface area contributed by atoms with Gasteiger partial charge < -0.3 is 9.64 Å². The summed E-state index contributed by atoms with van der Waals surface area (Å²) in [6, 6.07) is 12.1. The Morgan fingerprint density at radius 1 is 1.03 bits per heavy atom. The monoisotopic (exact) mass is 441 g/mol. The maximum absolute atomic E-state index is 13.1. The van der Waals surface area contributed by atoms with Crippen LogP contribution in [0.4, 0.5) is 0 Å². The lowest BCUT2D eigenvalue weighted by molar-refractivity contribution is -0.139. The topological polar surface area (TPSA) is 45.7 Å². The Balaban J connectivity index is 1.25. The largest absolute Gasteiger partial charge is 0.376 e. The Labute approximate surface area is 190 Å². The third kappa shape index (κ3) is 5.65. The lowest BCUT2D eigenvalue weighted by atomic mass is 9.86. The maximum Gasteiger partial charge on any atom is 0.225 e. The normalized spacial score (nSPS) is 20.0. The number of aromatic nitrogens is 1. The molecule has 2 aliphatic heterocycles. The summed E-state index contributed by atoms with van der Waals surface area (Å²) in [5.41, 5.74) is 2.45. The van der Waals surface area contributed by atoms with Gasteiger partial charge in [-0.3, -0.25) is 14.7 Å². The van der Waals surface area contributed by atoms with Crippen LogP contribution in [0.15, 0.2) is 48.8 Å². The molecule has 2 aromatic rings. The van der Waals surface area contributed by atoms with Gasteiger partial charge in [-0.2, -0.15) is 0 Å². The van der Waals surface area contributed by atoms with Crippen molar-refractivity contribution in [2.24, 2.45) is 11.8 Å². The van der Waals surface area contributed by atoms with Gasteiger partial charge in [0.15, 0.2) is 0 Å². The fourth-order valence-corrected chi connectivity index (χ4v) is 5.14. The van der Waals surface area contributed by atoms with Crippen LogP contribution < -0.4 is 0 Å². The van der Waals surface area contributed by atoms with E-state index in [4.69, 9.17) is 16.3 Å². The van der Waals surface area contributed by atoms with Crippen molar-refractivity contribution in [1.82, 2.24) is 14.8 Å². The van der Waals surface area contributed by atoms with Crippen LogP contribution in [-0.4, -0.2) is 54.0 Å². The second-order valence-corrected chi connectivity index (χ2v) is 9.21. The Hall–Kier alpha value is -1.95. The third-order valence-electron chi connectivity index (χ3n) is 6.82. The number of hydrogen-bond acceptors (Lipinski definition) is 4. The van der Waals surface area contributed by atoms with Crippen LogP contribution >= 0.6 is 11.6 Å². The first kappa shape index (κ1) is 22.3. The van der Waals surface area contributed by atoms with Gasteiger partial charge in [0.2, 0.25) is 5.91 Å². The number of benzene rings is 1. The zero-order valence-corrected chi connectivity index (χ0v) is 19.0. The van der Waals surface area contributed by atoms with Crippen molar-refractivity contribution in [3.05, 3.63) is 64.9 Å². The molecule has 31 heavy (non-hydrogen) atoms. The molecule has 0 saturated carbocycles. The summed E-state index contributed by atoms with van der Waals surface area (Å²) in [4.78, 5) is 21.7. The van der Waals surface area contributed by atoms with Crippen LogP contribution in [0.3, 0.4) is 0 Å². The molecular weight excluding hydrogens is 410 g/mol. The van der Waals surface area contributed by atoms with E-state index in [-0.39, 0.29) is 12.0 Å². The summed E-state index contributed by atoms with van der Waals surface area (Å²) >= 11 is 6.03. The number of halogens is 1. The van der Waals surface area contributed by atoms with E-state index in [2.05, 4.69) is 26.9 Å². The van der Waals surface area contributed by atoms with E-state index in [0.29, 0.717) is 11.8 Å². The number of hydrogen-bond donors (Lipinski definition) is 0. The zero-order chi connectivity index (χ0) is 21.6. The molecular formula is C25H32ClN3O2. The number of piperidine rings is 2. The van der Waals surface area contributed by atoms with Gasteiger partial charge >= 0.3 is 0 Å². The van der Waals surface area contributed by atoms with Crippen molar-refractivity contribution in [3.8, 4) is 0 Å². The molecule has 1 aromatic heterocycles. The van der Waals surface area contributed by atoms with Crippen molar-refractivity contribution in [2.45, 2.75) is 38.3 Å². The van der Waals surface area contributed by atoms with Gasteiger partial charge in [-0.15, -0.1) is 0 Å². The molecule has 5 nitrogen and oxygen atoms in total. The minimum absolute atomic E-state index is 0.0611. The highest BCUT2D eigenvalue weighted by atomic mass is 35.5. The Morgan fingerprint density at radius 3 is 2.29 bits per heavy atom. The Morgan fingerprint density at radius 2 is 1.68 bits per heavy atom. The van der Waals surface area contributed by atoms with Gasteiger partial charge in [0.05, 0.1) is 6.10 Å². The minimum atomic E-state index is 0.0611. The summed E-state index contributed by atoms with van der Waals surface area (Å²) in [5, 5.41) is 0.742. The van der Waals surface area contributed by atoms with Crippen molar-refractivity contribution in [3.63, 3.8) is 0 Å². The van der Waals surface area contributed by atoms with E-state index in [0.717, 1.165) is 63.4 Å². The van der Waals surface area contributed by atoms with Crippen molar-refractivity contribution < 1.29 is 9.53 Å². The number of methoxy groups -OCH3 is 1. The molecule has 1 aromatic carbocycles. The van der Waals surface area contributed by atoms with E-state index in [1.54, 1.807) is 7.11 Å². The van der Waals surface area contributed by atoms with Crippen LogP contribution in [0, 0.1) is 11.8 Å². The van der Waals surface area contributed by atoms with Crippen molar-refractivity contribution in [2.75, 3.05) is 33.3 Å². The van der Waals surface area contributed by atoms with Gasteiger partial charge in [0.1, 0.15) is 0 Å². The predicted octanol–water partition coefficient (Wildman–Crippen LogP) is 4.57. The maximum atomic E-state index is 13.1. The average Bonchev–Trinajstić information content (AvgIpc) is 2.82. The molecule has 2 aliphatic rings. The quantitative estimate of drug-likeness (QED) is 0.658. The summed E-state index contributed by atoms with van der Waals surface area (Å²) < 4.78 is 5.83.